The van der Waals surface area contributed by atoms with Gasteiger partial charge in [-0.3, -0.25) is 18.9 Å². The predicted octanol–water partition coefficient (Wildman–Crippen LogP) is 2.86. The maximum atomic E-state index is 14.4. The van der Waals surface area contributed by atoms with Crippen molar-refractivity contribution in [3.8, 4) is 0 Å². The zero-order valence-corrected chi connectivity index (χ0v) is 24.1. The Morgan fingerprint density at radius 2 is 1.80 bits per heavy atom. The molecule has 1 aromatic carbocycles. The van der Waals surface area contributed by atoms with Crippen LogP contribution in [0.4, 0.5) is 15.9 Å². The van der Waals surface area contributed by atoms with Gasteiger partial charge < -0.3 is 9.80 Å². The Morgan fingerprint density at radius 3 is 2.50 bits per heavy atom. The van der Waals surface area contributed by atoms with Gasteiger partial charge in [0.05, 0.1) is 33.7 Å². The molecule has 9 nitrogen and oxygen atoms in total. The number of piperazine rings is 1. The molecule has 1 atom stereocenters. The molecule has 1 unspecified atom stereocenters. The Morgan fingerprint density at radius 1 is 1.07 bits per heavy atom. The summed E-state index contributed by atoms with van der Waals surface area (Å²) in [7, 11) is -3.22. The molecule has 3 fully saturated rings. The van der Waals surface area contributed by atoms with E-state index in [9.17, 15) is 22.4 Å². The van der Waals surface area contributed by atoms with E-state index < -0.39 is 21.8 Å². The fourth-order valence-corrected chi connectivity index (χ4v) is 8.47. The van der Waals surface area contributed by atoms with Gasteiger partial charge >= 0.3 is 0 Å². The average Bonchev–Trinajstić information content (AvgIpc) is 3.42. The number of hydrogen-bond donors (Lipinski definition) is 0. The normalized spacial score (nSPS) is 22.2. The van der Waals surface area contributed by atoms with Crippen LogP contribution in [-0.2, 0) is 14.6 Å². The van der Waals surface area contributed by atoms with Gasteiger partial charge in [0.1, 0.15) is 21.6 Å². The van der Waals surface area contributed by atoms with E-state index in [1.54, 1.807) is 30.5 Å². The molecule has 208 valence electrons. The van der Waals surface area contributed by atoms with Crippen molar-refractivity contribution in [2.24, 2.45) is 0 Å². The number of hydrogen-bond acceptors (Lipinski definition) is 9. The third kappa shape index (κ3) is 4.90. The van der Waals surface area contributed by atoms with Crippen LogP contribution in [-0.4, -0.2) is 76.7 Å². The summed E-state index contributed by atoms with van der Waals surface area (Å²) in [6, 6.07) is 9.79. The summed E-state index contributed by atoms with van der Waals surface area (Å²) in [6.07, 6.45) is 3.57. The van der Waals surface area contributed by atoms with E-state index in [2.05, 4.69) is 0 Å². The van der Waals surface area contributed by atoms with Crippen molar-refractivity contribution in [1.29, 1.82) is 0 Å². The third-order valence-corrected chi connectivity index (χ3v) is 10.5. The predicted molar refractivity (Wildman–Crippen MR) is 159 cm³/mol. The van der Waals surface area contributed by atoms with Gasteiger partial charge in [-0.05, 0) is 43.2 Å². The summed E-state index contributed by atoms with van der Waals surface area (Å²) >= 11 is 6.53. The molecule has 0 bridgehead atoms. The SMILES string of the molecule is Cc1ccc2nc(N3CCN(c4ccccc4F)CC3)c(C=C3SC(=S)N(C4CCS(=O)(=O)C4)C3=O)c(=O)n2c1. The summed E-state index contributed by atoms with van der Waals surface area (Å²) in [4.78, 5) is 37.7. The fraction of sp³-hybridized carbons (Fsp3) is 0.333. The van der Waals surface area contributed by atoms with E-state index in [0.29, 0.717) is 49.8 Å². The van der Waals surface area contributed by atoms with E-state index in [0.717, 1.165) is 17.3 Å². The first-order valence-electron chi connectivity index (χ1n) is 12.9. The molecule has 3 saturated heterocycles. The Labute approximate surface area is 240 Å². The summed E-state index contributed by atoms with van der Waals surface area (Å²) in [5, 5.41) is 0. The highest BCUT2D eigenvalue weighted by atomic mass is 32.2. The molecule has 3 aliphatic rings. The minimum absolute atomic E-state index is 0.0199. The number of benzene rings is 1. The van der Waals surface area contributed by atoms with Crippen LogP contribution in [0.25, 0.3) is 11.7 Å². The molecule has 3 aromatic rings. The van der Waals surface area contributed by atoms with Crippen molar-refractivity contribution in [2.75, 3.05) is 47.5 Å². The van der Waals surface area contributed by atoms with Crippen molar-refractivity contribution in [3.63, 3.8) is 0 Å². The van der Waals surface area contributed by atoms with Gasteiger partial charge in [-0.25, -0.2) is 17.8 Å². The number of rotatable bonds is 4. The number of thiocarbonyl (C=S) groups is 1. The lowest BCUT2D eigenvalue weighted by Gasteiger charge is -2.37. The van der Waals surface area contributed by atoms with Crippen LogP contribution >= 0.6 is 24.0 Å². The molecule has 40 heavy (non-hydrogen) atoms. The van der Waals surface area contributed by atoms with E-state index in [4.69, 9.17) is 17.2 Å². The number of fused-ring (bicyclic) bond motifs is 1. The zero-order chi connectivity index (χ0) is 28.2. The van der Waals surface area contributed by atoms with Gasteiger partial charge in [-0.1, -0.05) is 42.2 Å². The second-order valence-corrected chi connectivity index (χ2v) is 14.0. The molecule has 0 aliphatic carbocycles. The van der Waals surface area contributed by atoms with Crippen LogP contribution in [0.1, 0.15) is 17.5 Å². The minimum atomic E-state index is -3.22. The van der Waals surface area contributed by atoms with Crippen LogP contribution in [0.15, 0.2) is 52.3 Å². The Hall–Kier alpha value is -3.29. The van der Waals surface area contributed by atoms with Gasteiger partial charge in [0.25, 0.3) is 11.5 Å². The molecular weight excluding hydrogens is 574 g/mol. The minimum Gasteiger partial charge on any atom is -0.366 e. The first-order chi connectivity index (χ1) is 19.1. The lowest BCUT2D eigenvalue weighted by atomic mass is 10.2. The number of nitrogens with zero attached hydrogens (tertiary/aromatic N) is 5. The summed E-state index contributed by atoms with van der Waals surface area (Å²) in [6.45, 7) is 3.90. The van der Waals surface area contributed by atoms with E-state index in [-0.39, 0.29) is 37.7 Å². The van der Waals surface area contributed by atoms with Gasteiger partial charge in [0.15, 0.2) is 9.84 Å². The van der Waals surface area contributed by atoms with E-state index in [1.807, 2.05) is 22.8 Å². The Bertz CT molecular complexity index is 1750. The van der Waals surface area contributed by atoms with E-state index in [1.165, 1.54) is 21.4 Å². The second-order valence-electron chi connectivity index (χ2n) is 10.1. The number of carbonyl (C=O) groups excluding carboxylic acids is 1. The number of halogens is 1. The van der Waals surface area contributed by atoms with Gasteiger partial charge in [-0.15, -0.1) is 0 Å². The number of pyridine rings is 1. The molecule has 3 aliphatic heterocycles. The largest absolute Gasteiger partial charge is 0.366 e. The van der Waals surface area contributed by atoms with Gasteiger partial charge in [-0.2, -0.15) is 0 Å². The van der Waals surface area contributed by atoms with Crippen LogP contribution in [0.3, 0.4) is 0 Å². The van der Waals surface area contributed by atoms with Crippen molar-refractivity contribution in [2.45, 2.75) is 19.4 Å². The first kappa shape index (κ1) is 26.9. The molecule has 2 aromatic heterocycles. The number of para-hydroxylation sites is 1. The number of thioether (sulfide) groups is 1. The molecule has 0 N–H and O–H groups in total. The van der Waals surface area contributed by atoms with Crippen molar-refractivity contribution in [3.05, 3.63) is 74.8 Å². The molecule has 0 saturated carbocycles. The lowest BCUT2D eigenvalue weighted by molar-refractivity contribution is -0.123. The maximum absolute atomic E-state index is 14.4. The van der Waals surface area contributed by atoms with Gasteiger partial charge in [0, 0.05) is 32.4 Å². The molecule has 13 heteroatoms. The van der Waals surface area contributed by atoms with Crippen molar-refractivity contribution >= 4 is 67.3 Å². The van der Waals surface area contributed by atoms with E-state index >= 15 is 0 Å². The Balaban J connectivity index is 1.37. The molecule has 6 rings (SSSR count). The molecular formula is C27H26FN5O4S3. The first-order valence-corrected chi connectivity index (χ1v) is 15.9. The second kappa shape index (κ2) is 10.3. The number of aryl methyl sites for hydroxylation is 1. The van der Waals surface area contributed by atoms with Crippen LogP contribution < -0.4 is 15.4 Å². The smallest absolute Gasteiger partial charge is 0.267 e. The Kier molecular flexibility index (Phi) is 6.91. The summed E-state index contributed by atoms with van der Waals surface area (Å²) in [5.74, 6) is -0.349. The monoisotopic (exact) mass is 599 g/mol. The highest BCUT2D eigenvalue weighted by Gasteiger charge is 2.42. The van der Waals surface area contributed by atoms with Crippen molar-refractivity contribution in [1.82, 2.24) is 14.3 Å². The number of carbonyl (C=O) groups is 1. The van der Waals surface area contributed by atoms with Crippen LogP contribution in [0, 0.1) is 12.7 Å². The van der Waals surface area contributed by atoms with Crippen LogP contribution in [0.5, 0.6) is 0 Å². The topological polar surface area (TPSA) is 95.3 Å². The number of anilines is 2. The average molecular weight is 600 g/mol. The molecule has 0 radical (unpaired) electrons. The number of amides is 1. The highest BCUT2D eigenvalue weighted by Crippen LogP contribution is 2.37. The summed E-state index contributed by atoms with van der Waals surface area (Å²) in [5.41, 5.74) is 1.81. The highest BCUT2D eigenvalue weighted by molar-refractivity contribution is 8.26. The summed E-state index contributed by atoms with van der Waals surface area (Å²) < 4.78 is 40.2. The van der Waals surface area contributed by atoms with Crippen molar-refractivity contribution < 1.29 is 17.6 Å². The zero-order valence-electron chi connectivity index (χ0n) is 21.6. The molecule has 5 heterocycles. The standard InChI is InChI=1S/C27H26FN5O4S3/c1-17-6-7-23-29-24(31-11-9-30(10-12-31)21-5-3-2-4-20(21)28)19(25(34)32(23)15-17)14-22-26(35)33(27(38)39-22)18-8-13-40(36,37)16-18/h2-7,14-15,18H,8-13,16H2,1H3. The fourth-order valence-electron chi connectivity index (χ4n) is 5.39. The third-order valence-electron chi connectivity index (χ3n) is 7.43. The van der Waals surface area contributed by atoms with Gasteiger partial charge in [0.2, 0.25) is 0 Å². The number of sulfone groups is 1. The quantitative estimate of drug-likeness (QED) is 0.332. The molecule has 1 amide bonds. The number of aromatic nitrogens is 2. The maximum Gasteiger partial charge on any atom is 0.267 e. The lowest BCUT2D eigenvalue weighted by Crippen LogP contribution is -2.47. The molecule has 0 spiro atoms. The van der Waals surface area contributed by atoms with Crippen LogP contribution in [0.2, 0.25) is 0 Å².